The van der Waals surface area contributed by atoms with E-state index in [2.05, 4.69) is 62.5 Å². The van der Waals surface area contributed by atoms with Crippen LogP contribution in [0, 0.1) is 0 Å². The normalized spacial score (nSPS) is 12.3. The predicted octanol–water partition coefficient (Wildman–Crippen LogP) is 5.76. The van der Waals surface area contributed by atoms with E-state index in [4.69, 9.17) is 0 Å². The number of nitrogens with one attached hydrogen (secondary N) is 2. The fraction of sp³-hybridized carbons (Fsp3) is 0.208. The number of benzene rings is 2. The van der Waals surface area contributed by atoms with Crippen molar-refractivity contribution in [1.82, 2.24) is 10.3 Å². The molecule has 1 amide bonds. The number of amides is 1. The third-order valence-electron chi connectivity index (χ3n) is 4.87. The minimum Gasteiger partial charge on any atom is -0.326 e. The maximum atomic E-state index is 12.8. The first-order valence-corrected chi connectivity index (χ1v) is 10.7. The number of nitrogens with zero attached hydrogens (tertiary/aromatic N) is 2. The minimum atomic E-state index is -0.236. The fourth-order valence-corrected chi connectivity index (χ4v) is 3.32. The molecule has 2 aromatic carbocycles. The molecule has 6 heteroatoms. The van der Waals surface area contributed by atoms with Crippen molar-refractivity contribution in [3.63, 3.8) is 0 Å². The lowest BCUT2D eigenvalue weighted by molar-refractivity contribution is 0.0976. The highest BCUT2D eigenvalue weighted by atomic mass is 79.9. The maximum absolute atomic E-state index is 12.8. The topological polar surface area (TPSA) is 66.4 Å². The molecule has 1 heterocycles. The van der Waals surface area contributed by atoms with Gasteiger partial charge in [-0.3, -0.25) is 15.1 Å². The van der Waals surface area contributed by atoms with Gasteiger partial charge in [-0.05, 0) is 75.8 Å². The lowest BCUT2D eigenvalue weighted by Crippen LogP contribution is -2.36. The number of carbonyl (C=O) groups excluding carboxylic acids is 1. The van der Waals surface area contributed by atoms with Gasteiger partial charge in [0.2, 0.25) is 5.96 Å². The molecule has 0 aliphatic heterocycles. The molecule has 0 fully saturated rings. The lowest BCUT2D eigenvalue weighted by atomic mass is 9.99. The van der Waals surface area contributed by atoms with Crippen molar-refractivity contribution in [3.05, 3.63) is 94.2 Å². The van der Waals surface area contributed by atoms with E-state index in [1.807, 2.05) is 42.5 Å². The van der Waals surface area contributed by atoms with E-state index in [1.54, 1.807) is 18.5 Å². The van der Waals surface area contributed by atoms with Crippen molar-refractivity contribution in [2.24, 2.45) is 4.99 Å². The standard InChI is InChI=1S/C24H25BrN4O/c1-3-17(2)19-8-10-20(11-9-19)28-24(27-16-18-12-14-26-15-13-18)29-23(30)21-6-4-5-7-22(21)25/h4-15,17H,3,16H2,1-2H3,(H2,27,28,29,30)/t17-/m1/s1. The van der Waals surface area contributed by atoms with Crippen LogP contribution in [-0.4, -0.2) is 16.9 Å². The Morgan fingerprint density at radius 3 is 2.43 bits per heavy atom. The number of guanidine groups is 1. The molecule has 0 spiro atoms. The van der Waals surface area contributed by atoms with Gasteiger partial charge in [-0.25, -0.2) is 4.99 Å². The van der Waals surface area contributed by atoms with Gasteiger partial charge in [0.1, 0.15) is 0 Å². The van der Waals surface area contributed by atoms with Gasteiger partial charge in [-0.1, -0.05) is 38.1 Å². The van der Waals surface area contributed by atoms with Crippen LogP contribution in [0.4, 0.5) is 5.69 Å². The molecule has 1 atom stereocenters. The van der Waals surface area contributed by atoms with E-state index in [0.717, 1.165) is 22.1 Å². The van der Waals surface area contributed by atoms with E-state index >= 15 is 0 Å². The van der Waals surface area contributed by atoms with Crippen LogP contribution < -0.4 is 10.6 Å². The maximum Gasteiger partial charge on any atom is 0.259 e. The Kier molecular flexibility index (Phi) is 7.74. The Bertz CT molecular complexity index is 1000. The molecule has 0 bridgehead atoms. The third kappa shape index (κ3) is 6.00. The van der Waals surface area contributed by atoms with Crippen molar-refractivity contribution >= 4 is 33.5 Å². The van der Waals surface area contributed by atoms with Crippen molar-refractivity contribution in [1.29, 1.82) is 0 Å². The van der Waals surface area contributed by atoms with Gasteiger partial charge in [-0.15, -0.1) is 0 Å². The second-order valence-corrected chi connectivity index (χ2v) is 7.86. The molecule has 30 heavy (non-hydrogen) atoms. The molecular formula is C24H25BrN4O. The zero-order chi connectivity index (χ0) is 21.3. The van der Waals surface area contributed by atoms with E-state index in [1.165, 1.54) is 5.56 Å². The highest BCUT2D eigenvalue weighted by Crippen LogP contribution is 2.20. The SMILES string of the molecule is CC[C@@H](C)c1ccc(NC(=NCc2ccncc2)NC(=O)c2ccccc2Br)cc1. The molecule has 1 aromatic heterocycles. The minimum absolute atomic E-state index is 0.236. The first-order chi connectivity index (χ1) is 14.6. The third-order valence-corrected chi connectivity index (χ3v) is 5.57. The van der Waals surface area contributed by atoms with Gasteiger partial charge in [0.15, 0.2) is 0 Å². The van der Waals surface area contributed by atoms with Crippen molar-refractivity contribution in [3.8, 4) is 0 Å². The number of rotatable bonds is 6. The van der Waals surface area contributed by atoms with Crippen molar-refractivity contribution < 1.29 is 4.79 Å². The van der Waals surface area contributed by atoms with E-state index in [9.17, 15) is 4.79 Å². The molecule has 0 saturated heterocycles. The zero-order valence-corrected chi connectivity index (χ0v) is 18.7. The van der Waals surface area contributed by atoms with Gasteiger partial charge in [0, 0.05) is 22.6 Å². The average Bonchev–Trinajstić information content (AvgIpc) is 2.78. The quantitative estimate of drug-likeness (QED) is 0.360. The summed E-state index contributed by atoms with van der Waals surface area (Å²) in [7, 11) is 0. The van der Waals surface area contributed by atoms with Crippen LogP contribution in [0.2, 0.25) is 0 Å². The summed E-state index contributed by atoms with van der Waals surface area (Å²) < 4.78 is 0.730. The summed E-state index contributed by atoms with van der Waals surface area (Å²) in [5.74, 6) is 0.664. The first kappa shape index (κ1) is 21.7. The van der Waals surface area contributed by atoms with Crippen LogP contribution in [0.3, 0.4) is 0 Å². The van der Waals surface area contributed by atoms with Crippen molar-refractivity contribution in [2.75, 3.05) is 5.32 Å². The second-order valence-electron chi connectivity index (χ2n) is 7.01. The molecule has 5 nitrogen and oxygen atoms in total. The molecular weight excluding hydrogens is 440 g/mol. The number of halogens is 1. The molecule has 154 valence electrons. The number of aliphatic imine (C=N–C) groups is 1. The summed E-state index contributed by atoms with van der Waals surface area (Å²) in [6, 6.07) is 19.3. The predicted molar refractivity (Wildman–Crippen MR) is 126 cm³/mol. The summed E-state index contributed by atoms with van der Waals surface area (Å²) in [6.45, 7) is 4.81. The van der Waals surface area contributed by atoms with Crippen LogP contribution in [0.25, 0.3) is 0 Å². The van der Waals surface area contributed by atoms with Crippen molar-refractivity contribution in [2.45, 2.75) is 32.7 Å². The van der Waals surface area contributed by atoms with Crippen LogP contribution in [0.5, 0.6) is 0 Å². The molecule has 0 aliphatic rings. The smallest absolute Gasteiger partial charge is 0.259 e. The monoisotopic (exact) mass is 464 g/mol. The van der Waals surface area contributed by atoms with Gasteiger partial charge in [0.05, 0.1) is 12.1 Å². The number of anilines is 1. The van der Waals surface area contributed by atoms with E-state index in [-0.39, 0.29) is 5.91 Å². The van der Waals surface area contributed by atoms with Gasteiger partial charge < -0.3 is 5.32 Å². The largest absolute Gasteiger partial charge is 0.326 e. The Morgan fingerprint density at radius 1 is 1.07 bits per heavy atom. The number of hydrogen-bond donors (Lipinski definition) is 2. The average molecular weight is 465 g/mol. The van der Waals surface area contributed by atoms with Crippen LogP contribution in [0.15, 0.2) is 82.5 Å². The molecule has 0 saturated carbocycles. The van der Waals surface area contributed by atoms with E-state index in [0.29, 0.717) is 24.0 Å². The number of pyridine rings is 1. The Labute approximate surface area is 185 Å². The first-order valence-electron chi connectivity index (χ1n) is 9.93. The number of carbonyl (C=O) groups is 1. The Balaban J connectivity index is 1.80. The summed E-state index contributed by atoms with van der Waals surface area (Å²) >= 11 is 3.43. The summed E-state index contributed by atoms with van der Waals surface area (Å²) in [6.07, 6.45) is 4.55. The molecule has 0 aliphatic carbocycles. The number of hydrogen-bond acceptors (Lipinski definition) is 3. The fourth-order valence-electron chi connectivity index (χ4n) is 2.86. The van der Waals surface area contributed by atoms with Crippen LogP contribution in [-0.2, 0) is 6.54 Å². The molecule has 0 radical (unpaired) electrons. The summed E-state index contributed by atoms with van der Waals surface area (Å²) in [5.41, 5.74) is 3.70. The highest BCUT2D eigenvalue weighted by Gasteiger charge is 2.12. The molecule has 2 N–H and O–H groups in total. The highest BCUT2D eigenvalue weighted by molar-refractivity contribution is 9.10. The second kappa shape index (κ2) is 10.7. The molecule has 0 unspecified atom stereocenters. The summed E-state index contributed by atoms with van der Waals surface area (Å²) in [4.78, 5) is 21.4. The Morgan fingerprint density at radius 2 is 1.77 bits per heavy atom. The molecule has 3 rings (SSSR count). The lowest BCUT2D eigenvalue weighted by Gasteiger charge is -2.14. The van der Waals surface area contributed by atoms with Crippen LogP contribution >= 0.6 is 15.9 Å². The van der Waals surface area contributed by atoms with E-state index < -0.39 is 0 Å². The van der Waals surface area contributed by atoms with Gasteiger partial charge in [0.25, 0.3) is 5.91 Å². The van der Waals surface area contributed by atoms with Crippen LogP contribution in [0.1, 0.15) is 47.7 Å². The zero-order valence-electron chi connectivity index (χ0n) is 17.1. The van der Waals surface area contributed by atoms with Gasteiger partial charge >= 0.3 is 0 Å². The number of aromatic nitrogens is 1. The molecule has 3 aromatic rings. The van der Waals surface area contributed by atoms with Gasteiger partial charge in [-0.2, -0.15) is 0 Å². The summed E-state index contributed by atoms with van der Waals surface area (Å²) in [5, 5.41) is 6.14. The Hall–Kier alpha value is -2.99.